The molecule has 0 aliphatic carbocycles. The Bertz CT molecular complexity index is 914. The SMILES string of the molecule is COc1ccc(OC)c([C@H]2CCC[NH+]2CC(=O)N(C)CC(=O)Nc2ccc(C)cc2)c1. The van der Waals surface area contributed by atoms with Gasteiger partial charge < -0.3 is 24.6 Å². The molecule has 0 aromatic heterocycles. The van der Waals surface area contributed by atoms with Crippen molar-refractivity contribution in [2.75, 3.05) is 46.2 Å². The summed E-state index contributed by atoms with van der Waals surface area (Å²) in [6, 6.07) is 13.5. The lowest BCUT2D eigenvalue weighted by molar-refractivity contribution is -0.910. The van der Waals surface area contributed by atoms with E-state index in [0.29, 0.717) is 6.54 Å². The summed E-state index contributed by atoms with van der Waals surface area (Å²) in [5.74, 6) is 1.33. The molecular weight excluding hydrogens is 394 g/mol. The number of likely N-dealkylation sites (N-methyl/N-ethyl adjacent to an activating group) is 1. The molecule has 0 spiro atoms. The topological polar surface area (TPSA) is 72.3 Å². The first-order valence-electron chi connectivity index (χ1n) is 10.6. The Morgan fingerprint density at radius 2 is 1.87 bits per heavy atom. The quantitative estimate of drug-likeness (QED) is 0.676. The largest absolute Gasteiger partial charge is 0.497 e. The number of ether oxygens (including phenoxy) is 2. The highest BCUT2D eigenvalue weighted by Crippen LogP contribution is 2.31. The molecule has 2 atom stereocenters. The van der Waals surface area contributed by atoms with Crippen LogP contribution < -0.4 is 19.7 Å². The van der Waals surface area contributed by atoms with Crippen LogP contribution >= 0.6 is 0 Å². The van der Waals surface area contributed by atoms with Crippen molar-refractivity contribution < 1.29 is 24.0 Å². The zero-order chi connectivity index (χ0) is 22.4. The number of amides is 2. The van der Waals surface area contributed by atoms with Crippen LogP contribution in [0.15, 0.2) is 42.5 Å². The molecule has 2 aromatic carbocycles. The maximum atomic E-state index is 12.9. The highest BCUT2D eigenvalue weighted by atomic mass is 16.5. The first-order chi connectivity index (χ1) is 14.9. The number of rotatable bonds is 8. The van der Waals surface area contributed by atoms with Crippen LogP contribution in [0.1, 0.15) is 30.0 Å². The van der Waals surface area contributed by atoms with Crippen LogP contribution in [0.2, 0.25) is 0 Å². The summed E-state index contributed by atoms with van der Waals surface area (Å²) in [6.45, 7) is 3.25. The second-order valence-corrected chi connectivity index (χ2v) is 8.05. The second kappa shape index (κ2) is 10.3. The average Bonchev–Trinajstić information content (AvgIpc) is 3.22. The molecule has 0 saturated carbocycles. The summed E-state index contributed by atoms with van der Waals surface area (Å²) >= 11 is 0. The van der Waals surface area contributed by atoms with Crippen molar-refractivity contribution >= 4 is 17.5 Å². The molecule has 1 aliphatic heterocycles. The van der Waals surface area contributed by atoms with Gasteiger partial charge in [-0.05, 0) is 37.3 Å². The third-order valence-corrected chi connectivity index (χ3v) is 5.82. The average molecular weight is 427 g/mol. The lowest BCUT2D eigenvalue weighted by Crippen LogP contribution is -3.11. The lowest BCUT2D eigenvalue weighted by Gasteiger charge is -2.25. The predicted molar refractivity (Wildman–Crippen MR) is 120 cm³/mol. The second-order valence-electron chi connectivity index (χ2n) is 8.05. The molecule has 1 unspecified atom stereocenters. The van der Waals surface area contributed by atoms with Crippen molar-refractivity contribution in [1.82, 2.24) is 4.90 Å². The zero-order valence-electron chi connectivity index (χ0n) is 18.7. The van der Waals surface area contributed by atoms with E-state index in [2.05, 4.69) is 5.32 Å². The molecule has 1 heterocycles. The van der Waals surface area contributed by atoms with Crippen molar-refractivity contribution in [3.05, 3.63) is 53.6 Å². The summed E-state index contributed by atoms with van der Waals surface area (Å²) in [6.07, 6.45) is 2.01. The number of benzene rings is 2. The summed E-state index contributed by atoms with van der Waals surface area (Å²) in [4.78, 5) is 27.9. The van der Waals surface area contributed by atoms with Crippen molar-refractivity contribution in [3.8, 4) is 11.5 Å². The maximum Gasteiger partial charge on any atom is 0.277 e. The summed E-state index contributed by atoms with van der Waals surface area (Å²) in [5, 5.41) is 2.84. The van der Waals surface area contributed by atoms with Gasteiger partial charge in [0.15, 0.2) is 6.54 Å². The van der Waals surface area contributed by atoms with E-state index in [1.54, 1.807) is 21.3 Å². The Morgan fingerprint density at radius 3 is 2.55 bits per heavy atom. The Kier molecular flexibility index (Phi) is 7.52. The van der Waals surface area contributed by atoms with Crippen molar-refractivity contribution in [2.24, 2.45) is 0 Å². The minimum atomic E-state index is -0.206. The minimum absolute atomic E-state index is 0.0210. The number of hydrogen-bond acceptors (Lipinski definition) is 4. The van der Waals surface area contributed by atoms with Crippen LogP contribution in [-0.2, 0) is 9.59 Å². The van der Waals surface area contributed by atoms with E-state index < -0.39 is 0 Å². The molecule has 2 N–H and O–H groups in total. The molecule has 7 nitrogen and oxygen atoms in total. The number of methoxy groups -OCH3 is 2. The van der Waals surface area contributed by atoms with Gasteiger partial charge in [-0.1, -0.05) is 17.7 Å². The number of aryl methyl sites for hydroxylation is 1. The molecular formula is C24H32N3O4+. The van der Waals surface area contributed by atoms with Crippen LogP contribution in [0.25, 0.3) is 0 Å². The molecule has 1 saturated heterocycles. The van der Waals surface area contributed by atoms with Gasteiger partial charge >= 0.3 is 0 Å². The number of nitrogens with zero attached hydrogens (tertiary/aromatic N) is 1. The first kappa shape index (κ1) is 22.6. The predicted octanol–water partition coefficient (Wildman–Crippen LogP) is 1.83. The van der Waals surface area contributed by atoms with E-state index in [0.717, 1.165) is 47.7 Å². The molecule has 2 amide bonds. The third-order valence-electron chi connectivity index (χ3n) is 5.82. The van der Waals surface area contributed by atoms with Gasteiger partial charge in [-0.25, -0.2) is 0 Å². The monoisotopic (exact) mass is 426 g/mol. The number of likely N-dealkylation sites (tertiary alicyclic amines) is 1. The highest BCUT2D eigenvalue weighted by Gasteiger charge is 2.34. The van der Waals surface area contributed by atoms with Gasteiger partial charge in [0.1, 0.15) is 17.5 Å². The van der Waals surface area contributed by atoms with Gasteiger partial charge in [-0.15, -0.1) is 0 Å². The molecule has 0 radical (unpaired) electrons. The van der Waals surface area contributed by atoms with Crippen molar-refractivity contribution in [2.45, 2.75) is 25.8 Å². The lowest BCUT2D eigenvalue weighted by atomic mass is 10.0. The van der Waals surface area contributed by atoms with Gasteiger partial charge in [0.25, 0.3) is 5.91 Å². The van der Waals surface area contributed by atoms with Gasteiger partial charge in [0, 0.05) is 25.6 Å². The van der Waals surface area contributed by atoms with Gasteiger partial charge in [-0.3, -0.25) is 9.59 Å². The summed E-state index contributed by atoms with van der Waals surface area (Å²) in [5.41, 5.74) is 2.91. The Hall–Kier alpha value is -3.06. The van der Waals surface area contributed by atoms with E-state index >= 15 is 0 Å². The standard InChI is InChI=1S/C24H31N3O4/c1-17-7-9-18(10-8-17)25-23(28)15-26(2)24(29)16-27-13-5-6-21(27)20-14-19(30-3)11-12-22(20)31-4/h7-12,14,21H,5-6,13,15-16H2,1-4H3,(H,25,28)/p+1/t21-/m1/s1. The van der Waals surface area contributed by atoms with E-state index in [4.69, 9.17) is 9.47 Å². The molecule has 7 heteroatoms. The van der Waals surface area contributed by atoms with Gasteiger partial charge in [0.05, 0.1) is 32.9 Å². The molecule has 2 aromatic rings. The number of carbonyl (C=O) groups excluding carboxylic acids is 2. The zero-order valence-corrected chi connectivity index (χ0v) is 18.7. The van der Waals surface area contributed by atoms with E-state index in [1.165, 1.54) is 9.80 Å². The molecule has 1 aliphatic rings. The fourth-order valence-corrected chi connectivity index (χ4v) is 4.08. The maximum absolute atomic E-state index is 12.9. The van der Waals surface area contributed by atoms with Gasteiger partial charge in [-0.2, -0.15) is 0 Å². The number of quaternary nitrogens is 1. The number of carbonyl (C=O) groups is 2. The minimum Gasteiger partial charge on any atom is -0.497 e. The van der Waals surface area contributed by atoms with Crippen LogP contribution in [0.5, 0.6) is 11.5 Å². The smallest absolute Gasteiger partial charge is 0.277 e. The number of anilines is 1. The van der Waals surface area contributed by atoms with E-state index in [1.807, 2.05) is 49.4 Å². The van der Waals surface area contributed by atoms with Crippen LogP contribution in [0, 0.1) is 6.92 Å². The fourth-order valence-electron chi connectivity index (χ4n) is 4.08. The Labute approximate surface area is 183 Å². The third kappa shape index (κ3) is 5.76. The number of nitrogens with one attached hydrogen (secondary N) is 2. The summed E-state index contributed by atoms with van der Waals surface area (Å²) in [7, 11) is 4.98. The fraction of sp³-hybridized carbons (Fsp3) is 0.417. The molecule has 3 rings (SSSR count). The number of hydrogen-bond donors (Lipinski definition) is 2. The van der Waals surface area contributed by atoms with Crippen LogP contribution in [-0.4, -0.2) is 57.6 Å². The molecule has 166 valence electrons. The highest BCUT2D eigenvalue weighted by molar-refractivity contribution is 5.94. The normalized spacial score (nSPS) is 17.8. The Balaban J connectivity index is 1.61. The van der Waals surface area contributed by atoms with Gasteiger partial charge in [0.2, 0.25) is 5.91 Å². The molecule has 31 heavy (non-hydrogen) atoms. The van der Waals surface area contributed by atoms with E-state index in [-0.39, 0.29) is 24.4 Å². The molecule has 1 fully saturated rings. The summed E-state index contributed by atoms with van der Waals surface area (Å²) < 4.78 is 10.9. The van der Waals surface area contributed by atoms with Crippen LogP contribution in [0.4, 0.5) is 5.69 Å². The van der Waals surface area contributed by atoms with Crippen molar-refractivity contribution in [1.29, 1.82) is 0 Å². The Morgan fingerprint density at radius 1 is 1.13 bits per heavy atom. The van der Waals surface area contributed by atoms with Crippen molar-refractivity contribution in [3.63, 3.8) is 0 Å². The molecule has 0 bridgehead atoms. The van der Waals surface area contributed by atoms with Crippen LogP contribution in [0.3, 0.4) is 0 Å². The van der Waals surface area contributed by atoms with E-state index in [9.17, 15) is 9.59 Å². The first-order valence-corrected chi connectivity index (χ1v) is 10.6.